The number of rotatable bonds is 6. The molecule has 0 amide bonds. The van der Waals surface area contributed by atoms with Crippen LogP contribution in [0.15, 0.2) is 18.2 Å². The first-order valence-electron chi connectivity index (χ1n) is 6.91. The second-order valence-electron chi connectivity index (χ2n) is 5.27. The summed E-state index contributed by atoms with van der Waals surface area (Å²) in [5.41, 5.74) is 6.58. The van der Waals surface area contributed by atoms with Crippen molar-refractivity contribution in [3.63, 3.8) is 0 Å². The summed E-state index contributed by atoms with van der Waals surface area (Å²) in [6.07, 6.45) is 3.96. The fraction of sp³-hybridized carbons (Fsp3) is 0.533. The molecule has 1 aromatic carbocycles. The Morgan fingerprint density at radius 1 is 1.47 bits per heavy atom. The van der Waals surface area contributed by atoms with Crippen LogP contribution in [0.2, 0.25) is 0 Å². The summed E-state index contributed by atoms with van der Waals surface area (Å²) in [5, 5.41) is 0. The minimum absolute atomic E-state index is 0.126. The highest BCUT2D eigenvalue weighted by molar-refractivity contribution is 7.80. The first-order chi connectivity index (χ1) is 9.11. The molecule has 4 heteroatoms. The molecule has 1 aliphatic carbocycles. The van der Waals surface area contributed by atoms with Crippen LogP contribution in [0, 0.1) is 11.7 Å². The zero-order valence-electron chi connectivity index (χ0n) is 11.4. The number of hydrogen-bond donors (Lipinski definition) is 1. The molecule has 2 N–H and O–H groups in total. The van der Waals surface area contributed by atoms with Crippen molar-refractivity contribution >= 4 is 17.2 Å². The van der Waals surface area contributed by atoms with Gasteiger partial charge in [-0.05, 0) is 31.4 Å². The highest BCUT2D eigenvalue weighted by atomic mass is 32.1. The van der Waals surface area contributed by atoms with Crippen molar-refractivity contribution in [2.45, 2.75) is 32.7 Å². The summed E-state index contributed by atoms with van der Waals surface area (Å²) in [6, 6.07) is 5.29. The van der Waals surface area contributed by atoms with E-state index in [2.05, 4.69) is 11.8 Å². The third-order valence-corrected chi connectivity index (χ3v) is 4.15. The Bertz CT molecular complexity index is 457. The maximum absolute atomic E-state index is 14.3. The van der Waals surface area contributed by atoms with E-state index >= 15 is 0 Å². The van der Waals surface area contributed by atoms with Crippen LogP contribution in [0.1, 0.15) is 37.3 Å². The number of benzene rings is 1. The Hall–Kier alpha value is -1.00. The summed E-state index contributed by atoms with van der Waals surface area (Å²) in [4.78, 5) is 2.42. The van der Waals surface area contributed by atoms with E-state index in [-0.39, 0.29) is 10.8 Å². The summed E-state index contributed by atoms with van der Waals surface area (Å²) in [5.74, 6) is 0.531. The minimum atomic E-state index is -0.262. The first kappa shape index (κ1) is 14.4. The van der Waals surface area contributed by atoms with Crippen molar-refractivity contribution in [1.29, 1.82) is 0 Å². The predicted octanol–water partition coefficient (Wildman–Crippen LogP) is 3.08. The van der Waals surface area contributed by atoms with E-state index in [4.69, 9.17) is 18.0 Å². The molecule has 0 aliphatic heterocycles. The van der Waals surface area contributed by atoms with Gasteiger partial charge in [0.25, 0.3) is 0 Å². The van der Waals surface area contributed by atoms with E-state index in [0.29, 0.717) is 17.7 Å². The lowest BCUT2D eigenvalue weighted by Gasteiger charge is -2.31. The van der Waals surface area contributed by atoms with E-state index in [0.717, 1.165) is 19.0 Å². The highest BCUT2D eigenvalue weighted by Gasteiger charge is 2.21. The van der Waals surface area contributed by atoms with Gasteiger partial charge < -0.3 is 5.73 Å². The van der Waals surface area contributed by atoms with Crippen molar-refractivity contribution in [3.8, 4) is 0 Å². The Morgan fingerprint density at radius 2 is 2.21 bits per heavy atom. The van der Waals surface area contributed by atoms with Gasteiger partial charge in [0.1, 0.15) is 10.8 Å². The molecule has 0 radical (unpaired) electrons. The molecule has 0 aromatic heterocycles. The number of hydrogen-bond acceptors (Lipinski definition) is 2. The van der Waals surface area contributed by atoms with Gasteiger partial charge in [-0.3, -0.25) is 4.90 Å². The number of nitrogens with zero attached hydrogens (tertiary/aromatic N) is 1. The lowest BCUT2D eigenvalue weighted by molar-refractivity contribution is 0.176. The summed E-state index contributed by atoms with van der Waals surface area (Å²) in [6.45, 7) is 4.75. The van der Waals surface area contributed by atoms with Crippen molar-refractivity contribution in [1.82, 2.24) is 4.90 Å². The zero-order chi connectivity index (χ0) is 13.8. The van der Waals surface area contributed by atoms with Gasteiger partial charge in [-0.1, -0.05) is 37.7 Å². The molecule has 1 aliphatic rings. The van der Waals surface area contributed by atoms with Gasteiger partial charge in [0.2, 0.25) is 0 Å². The maximum Gasteiger partial charge on any atom is 0.137 e. The molecule has 2 nitrogen and oxygen atoms in total. The third-order valence-electron chi connectivity index (χ3n) is 3.93. The van der Waals surface area contributed by atoms with Crippen LogP contribution in [0.4, 0.5) is 4.39 Å². The van der Waals surface area contributed by atoms with Gasteiger partial charge >= 0.3 is 0 Å². The van der Waals surface area contributed by atoms with E-state index in [1.807, 2.05) is 12.1 Å². The van der Waals surface area contributed by atoms with Crippen molar-refractivity contribution in [2.75, 3.05) is 13.1 Å². The second kappa shape index (κ2) is 6.44. The Labute approximate surface area is 119 Å². The molecule has 0 unspecified atom stereocenters. The molecule has 0 bridgehead atoms. The van der Waals surface area contributed by atoms with Crippen LogP contribution in [-0.2, 0) is 6.54 Å². The normalized spacial score (nSPS) is 15.5. The summed E-state index contributed by atoms with van der Waals surface area (Å²) >= 11 is 4.87. The van der Waals surface area contributed by atoms with Crippen LogP contribution in [0.3, 0.4) is 0 Å². The molecule has 0 atom stereocenters. The predicted molar refractivity (Wildman–Crippen MR) is 80.6 cm³/mol. The molecule has 19 heavy (non-hydrogen) atoms. The lowest BCUT2D eigenvalue weighted by Crippen LogP contribution is -2.32. The van der Waals surface area contributed by atoms with E-state index < -0.39 is 0 Å². The van der Waals surface area contributed by atoms with E-state index in [1.165, 1.54) is 19.3 Å². The first-order valence-corrected chi connectivity index (χ1v) is 7.32. The average molecular weight is 280 g/mol. The van der Waals surface area contributed by atoms with Gasteiger partial charge in [0.15, 0.2) is 0 Å². The second-order valence-corrected chi connectivity index (χ2v) is 5.71. The fourth-order valence-electron chi connectivity index (χ4n) is 2.48. The zero-order valence-corrected chi connectivity index (χ0v) is 12.2. The summed E-state index contributed by atoms with van der Waals surface area (Å²) < 4.78 is 14.3. The van der Waals surface area contributed by atoms with Gasteiger partial charge in [-0.2, -0.15) is 0 Å². The quantitative estimate of drug-likeness (QED) is 0.812. The highest BCUT2D eigenvalue weighted by Crippen LogP contribution is 2.27. The molecule has 0 saturated heterocycles. The SMILES string of the molecule is CCN(Cc1cccc(C(N)=S)c1F)CC1CCC1. The molecule has 1 aromatic rings. The van der Waals surface area contributed by atoms with E-state index in [1.54, 1.807) is 6.07 Å². The van der Waals surface area contributed by atoms with Crippen molar-refractivity contribution < 1.29 is 4.39 Å². The van der Waals surface area contributed by atoms with Gasteiger partial charge in [-0.15, -0.1) is 0 Å². The molecule has 0 spiro atoms. The van der Waals surface area contributed by atoms with Gasteiger partial charge in [-0.25, -0.2) is 4.39 Å². The van der Waals surface area contributed by atoms with Crippen LogP contribution >= 0.6 is 12.2 Å². The average Bonchev–Trinajstić information content (AvgIpc) is 2.33. The Morgan fingerprint density at radius 3 is 2.74 bits per heavy atom. The van der Waals surface area contributed by atoms with Crippen molar-refractivity contribution in [3.05, 3.63) is 35.1 Å². The monoisotopic (exact) mass is 280 g/mol. The molecule has 0 heterocycles. The lowest BCUT2D eigenvalue weighted by atomic mass is 9.85. The Balaban J connectivity index is 2.07. The largest absolute Gasteiger partial charge is 0.389 e. The topological polar surface area (TPSA) is 29.3 Å². The standard InChI is InChI=1S/C15H21FN2S/c1-2-18(9-11-5-3-6-11)10-12-7-4-8-13(14(12)16)15(17)19/h4,7-8,11H,2-3,5-6,9-10H2,1H3,(H2,17,19). The molecular formula is C15H21FN2S. The van der Waals surface area contributed by atoms with Crippen LogP contribution in [0.25, 0.3) is 0 Å². The minimum Gasteiger partial charge on any atom is -0.389 e. The smallest absolute Gasteiger partial charge is 0.137 e. The third kappa shape index (κ3) is 3.51. The number of nitrogens with two attached hydrogens (primary N) is 1. The Kier molecular flexibility index (Phi) is 4.88. The molecule has 104 valence electrons. The molecule has 2 rings (SSSR count). The van der Waals surface area contributed by atoms with Gasteiger partial charge in [0.05, 0.1) is 0 Å². The molecule has 1 saturated carbocycles. The van der Waals surface area contributed by atoms with Crippen LogP contribution in [0.5, 0.6) is 0 Å². The van der Waals surface area contributed by atoms with E-state index in [9.17, 15) is 4.39 Å². The maximum atomic E-state index is 14.3. The van der Waals surface area contributed by atoms with Crippen LogP contribution < -0.4 is 5.73 Å². The van der Waals surface area contributed by atoms with Crippen LogP contribution in [-0.4, -0.2) is 23.0 Å². The molecular weight excluding hydrogens is 259 g/mol. The van der Waals surface area contributed by atoms with Crippen molar-refractivity contribution in [2.24, 2.45) is 11.7 Å². The molecule has 1 fully saturated rings. The fourth-order valence-corrected chi connectivity index (χ4v) is 2.64. The number of halogens is 1. The van der Waals surface area contributed by atoms with Gasteiger partial charge in [0, 0.05) is 24.2 Å². The summed E-state index contributed by atoms with van der Waals surface area (Å²) in [7, 11) is 0. The number of thiocarbonyl (C=S) groups is 1.